The van der Waals surface area contributed by atoms with Gasteiger partial charge in [-0.15, -0.1) is 0 Å². The van der Waals surface area contributed by atoms with Gasteiger partial charge in [0, 0.05) is 12.3 Å². The highest BCUT2D eigenvalue weighted by atomic mass is 16.2. The molecule has 2 atom stereocenters. The van der Waals surface area contributed by atoms with Crippen molar-refractivity contribution in [1.82, 2.24) is 14.3 Å². The third-order valence-corrected chi connectivity index (χ3v) is 4.79. The van der Waals surface area contributed by atoms with Gasteiger partial charge < -0.3 is 0 Å². The molecule has 0 radical (unpaired) electrons. The third kappa shape index (κ3) is 2.26. The second kappa shape index (κ2) is 5.40. The van der Waals surface area contributed by atoms with Crippen LogP contribution in [0.25, 0.3) is 5.65 Å². The smallest absolute Gasteiger partial charge is 0.258 e. The number of aryl methyl sites for hydroxylation is 1. The number of fused-ring (bicyclic) bond motifs is 2. The van der Waals surface area contributed by atoms with E-state index < -0.39 is 0 Å². The van der Waals surface area contributed by atoms with E-state index in [1.165, 1.54) is 15.4 Å². The van der Waals surface area contributed by atoms with Gasteiger partial charge >= 0.3 is 0 Å². The molecular weight excluding hydrogens is 306 g/mol. The summed E-state index contributed by atoms with van der Waals surface area (Å²) in [5, 5.41) is 0. The van der Waals surface area contributed by atoms with Gasteiger partial charge in [-0.25, -0.2) is 4.98 Å². The second-order valence-electron chi connectivity index (χ2n) is 6.44. The third-order valence-electron chi connectivity index (χ3n) is 4.79. The molecule has 2 amide bonds. The van der Waals surface area contributed by atoms with Crippen LogP contribution in [0.4, 0.5) is 0 Å². The number of amides is 2. The Morgan fingerprint density at radius 2 is 1.75 bits per heavy atom. The number of hydrogen-bond acceptors (Lipinski definition) is 4. The summed E-state index contributed by atoms with van der Waals surface area (Å²) in [6.45, 7) is 1.98. The van der Waals surface area contributed by atoms with E-state index in [1.807, 2.05) is 31.2 Å². The average Bonchev–Trinajstić information content (AvgIpc) is 2.80. The minimum atomic E-state index is -0.258. The maximum absolute atomic E-state index is 12.5. The van der Waals surface area contributed by atoms with E-state index in [0.29, 0.717) is 24.2 Å². The van der Waals surface area contributed by atoms with Crippen molar-refractivity contribution < 1.29 is 9.59 Å². The monoisotopic (exact) mass is 323 g/mol. The molecule has 1 aliphatic heterocycles. The molecule has 0 spiro atoms. The number of carbonyl (C=O) groups is 2. The lowest BCUT2D eigenvalue weighted by Crippen LogP contribution is -2.31. The standard InChI is InChI=1S/C18H17N3O3/c1-11-6-7-20-15(8-11)19-12(9-16(20)22)10-21-17(23)13-4-2-3-5-14(13)18(21)24/h2-3,6-9,13-14H,4-5,10H2,1H3/t13-,14-/m0/s1. The van der Waals surface area contributed by atoms with Crippen molar-refractivity contribution in [2.24, 2.45) is 11.8 Å². The van der Waals surface area contributed by atoms with E-state index in [1.54, 1.807) is 6.20 Å². The molecule has 1 fully saturated rings. The Morgan fingerprint density at radius 1 is 1.08 bits per heavy atom. The summed E-state index contributed by atoms with van der Waals surface area (Å²) in [6, 6.07) is 5.03. The van der Waals surface area contributed by atoms with Gasteiger partial charge in [-0.3, -0.25) is 23.7 Å². The molecule has 0 bridgehead atoms. The molecule has 1 saturated heterocycles. The van der Waals surface area contributed by atoms with Crippen LogP contribution in [0.2, 0.25) is 0 Å². The Balaban J connectivity index is 1.68. The SMILES string of the molecule is Cc1ccn2c(=O)cc(CN3C(=O)[C@H]4CC=CC[C@@H]4C3=O)nc2c1. The molecule has 4 rings (SSSR count). The van der Waals surface area contributed by atoms with Crippen LogP contribution in [0.5, 0.6) is 0 Å². The van der Waals surface area contributed by atoms with Gasteiger partial charge in [0.05, 0.1) is 24.1 Å². The lowest BCUT2D eigenvalue weighted by Gasteiger charge is -2.14. The zero-order valence-corrected chi connectivity index (χ0v) is 13.3. The molecule has 122 valence electrons. The molecule has 3 heterocycles. The van der Waals surface area contributed by atoms with E-state index in [2.05, 4.69) is 4.98 Å². The minimum Gasteiger partial charge on any atom is -0.276 e. The van der Waals surface area contributed by atoms with Crippen LogP contribution < -0.4 is 5.56 Å². The summed E-state index contributed by atoms with van der Waals surface area (Å²) < 4.78 is 1.45. The fourth-order valence-electron chi connectivity index (χ4n) is 3.52. The van der Waals surface area contributed by atoms with Crippen molar-refractivity contribution in [3.05, 3.63) is 58.2 Å². The Morgan fingerprint density at radius 3 is 2.42 bits per heavy atom. The normalized spacial score (nSPS) is 23.1. The number of rotatable bonds is 2. The molecule has 24 heavy (non-hydrogen) atoms. The van der Waals surface area contributed by atoms with Crippen molar-refractivity contribution in [2.75, 3.05) is 0 Å². The lowest BCUT2D eigenvalue weighted by atomic mass is 9.85. The predicted molar refractivity (Wildman–Crippen MR) is 87.1 cm³/mol. The van der Waals surface area contributed by atoms with Crippen molar-refractivity contribution in [3.8, 4) is 0 Å². The Hall–Kier alpha value is -2.76. The van der Waals surface area contributed by atoms with Crippen LogP contribution >= 0.6 is 0 Å². The van der Waals surface area contributed by atoms with Crippen LogP contribution in [-0.4, -0.2) is 26.1 Å². The van der Waals surface area contributed by atoms with Crippen molar-refractivity contribution in [2.45, 2.75) is 26.3 Å². The highest BCUT2D eigenvalue weighted by molar-refractivity contribution is 6.05. The number of pyridine rings is 1. The molecule has 0 unspecified atom stereocenters. The zero-order chi connectivity index (χ0) is 16.8. The minimum absolute atomic E-state index is 0.0599. The molecule has 0 aromatic carbocycles. The molecule has 0 saturated carbocycles. The van der Waals surface area contributed by atoms with E-state index >= 15 is 0 Å². The Bertz CT molecular complexity index is 918. The highest BCUT2D eigenvalue weighted by Crippen LogP contribution is 2.35. The van der Waals surface area contributed by atoms with Crippen LogP contribution in [-0.2, 0) is 16.1 Å². The van der Waals surface area contributed by atoms with Gasteiger partial charge in [0.15, 0.2) is 0 Å². The first kappa shape index (κ1) is 14.8. The van der Waals surface area contributed by atoms with Gasteiger partial charge in [0.2, 0.25) is 11.8 Å². The summed E-state index contributed by atoms with van der Waals surface area (Å²) in [7, 11) is 0. The predicted octanol–water partition coefficient (Wildman–Crippen LogP) is 1.45. The van der Waals surface area contributed by atoms with E-state index in [0.717, 1.165) is 5.56 Å². The summed E-state index contributed by atoms with van der Waals surface area (Å²) >= 11 is 0. The number of nitrogens with zero attached hydrogens (tertiary/aromatic N) is 3. The molecule has 6 nitrogen and oxygen atoms in total. The van der Waals surface area contributed by atoms with Gasteiger partial charge in [-0.2, -0.15) is 0 Å². The zero-order valence-electron chi connectivity index (χ0n) is 13.3. The summed E-state index contributed by atoms with van der Waals surface area (Å²) in [6.07, 6.45) is 6.81. The van der Waals surface area contributed by atoms with E-state index in [9.17, 15) is 14.4 Å². The summed E-state index contributed by atoms with van der Waals surface area (Å²) in [5.41, 5.74) is 1.74. The largest absolute Gasteiger partial charge is 0.276 e. The van der Waals surface area contributed by atoms with Crippen molar-refractivity contribution >= 4 is 17.5 Å². The van der Waals surface area contributed by atoms with Crippen LogP contribution in [0.3, 0.4) is 0 Å². The van der Waals surface area contributed by atoms with Crippen molar-refractivity contribution in [3.63, 3.8) is 0 Å². The maximum atomic E-state index is 12.5. The number of imide groups is 1. The number of likely N-dealkylation sites (tertiary alicyclic amines) is 1. The molecule has 2 aliphatic rings. The molecule has 6 heteroatoms. The number of allylic oxidation sites excluding steroid dienone is 2. The Labute approximate surface area is 138 Å². The second-order valence-corrected chi connectivity index (χ2v) is 6.44. The number of aromatic nitrogens is 2. The van der Waals surface area contributed by atoms with Crippen LogP contribution in [0.15, 0.2) is 41.3 Å². The molecule has 0 N–H and O–H groups in total. The molecule has 2 aromatic heterocycles. The lowest BCUT2D eigenvalue weighted by molar-refractivity contribution is -0.140. The van der Waals surface area contributed by atoms with E-state index in [4.69, 9.17) is 0 Å². The van der Waals surface area contributed by atoms with Crippen molar-refractivity contribution in [1.29, 1.82) is 0 Å². The van der Waals surface area contributed by atoms with Gasteiger partial charge in [0.1, 0.15) is 5.65 Å². The van der Waals surface area contributed by atoms with Gasteiger partial charge in [-0.1, -0.05) is 12.2 Å². The van der Waals surface area contributed by atoms with Gasteiger partial charge in [-0.05, 0) is 37.5 Å². The summed E-state index contributed by atoms with van der Waals surface area (Å²) in [4.78, 5) is 43.0. The average molecular weight is 323 g/mol. The topological polar surface area (TPSA) is 71.8 Å². The van der Waals surface area contributed by atoms with E-state index in [-0.39, 0.29) is 35.8 Å². The van der Waals surface area contributed by atoms with Crippen LogP contribution in [0.1, 0.15) is 24.1 Å². The van der Waals surface area contributed by atoms with Gasteiger partial charge in [0.25, 0.3) is 5.56 Å². The number of hydrogen-bond donors (Lipinski definition) is 0. The Kier molecular flexibility index (Phi) is 3.33. The summed E-state index contributed by atoms with van der Waals surface area (Å²) in [5.74, 6) is -0.821. The fraction of sp³-hybridized carbons (Fsp3) is 0.333. The molecule has 2 aromatic rings. The number of carbonyl (C=O) groups excluding carboxylic acids is 2. The van der Waals surface area contributed by atoms with Crippen LogP contribution in [0, 0.1) is 18.8 Å². The quantitative estimate of drug-likeness (QED) is 0.619. The molecular formula is C18H17N3O3. The maximum Gasteiger partial charge on any atom is 0.258 e. The molecule has 1 aliphatic carbocycles. The first-order chi connectivity index (χ1) is 11.5. The first-order valence-corrected chi connectivity index (χ1v) is 8.04. The fourth-order valence-corrected chi connectivity index (χ4v) is 3.52. The highest BCUT2D eigenvalue weighted by Gasteiger charge is 2.47. The first-order valence-electron chi connectivity index (χ1n) is 8.04.